The molecular weight excluding hydrogens is 232 g/mol. The third kappa shape index (κ3) is 3.54. The summed E-state index contributed by atoms with van der Waals surface area (Å²) in [6.07, 6.45) is 8.02. The maximum Gasteiger partial charge on any atom is 0.0655 e. The van der Waals surface area contributed by atoms with Crippen molar-refractivity contribution < 1.29 is 0 Å². The van der Waals surface area contributed by atoms with Gasteiger partial charge in [0.15, 0.2) is 0 Å². The third-order valence-corrected chi connectivity index (χ3v) is 3.55. The van der Waals surface area contributed by atoms with Gasteiger partial charge in [0.2, 0.25) is 0 Å². The van der Waals surface area contributed by atoms with E-state index in [1.54, 1.807) is 0 Å². The Morgan fingerprint density at radius 1 is 1.05 bits per heavy atom. The number of allylic oxidation sites excluding steroid dienone is 2. The predicted octanol–water partition coefficient (Wildman–Crippen LogP) is 3.80. The second-order valence-electron chi connectivity index (χ2n) is 5.08. The van der Waals surface area contributed by atoms with E-state index >= 15 is 0 Å². The molecule has 2 N–H and O–H groups in total. The zero-order valence-corrected chi connectivity index (χ0v) is 11.9. The van der Waals surface area contributed by atoms with Gasteiger partial charge in [-0.2, -0.15) is 0 Å². The van der Waals surface area contributed by atoms with E-state index in [1.807, 2.05) is 0 Å². The summed E-state index contributed by atoms with van der Waals surface area (Å²) in [6.45, 7) is 3.93. The lowest BCUT2D eigenvalue weighted by Crippen LogP contribution is -1.97. The zero-order valence-electron chi connectivity index (χ0n) is 11.9. The smallest absolute Gasteiger partial charge is 0.0655 e. The highest BCUT2D eigenvalue weighted by molar-refractivity contribution is 6.19. The minimum absolute atomic E-state index is 0.784. The van der Waals surface area contributed by atoms with Crippen molar-refractivity contribution in [2.24, 2.45) is 10.7 Å². The van der Waals surface area contributed by atoms with Gasteiger partial charge in [0.25, 0.3) is 0 Å². The number of benzene rings is 1. The predicted molar refractivity (Wildman–Crippen MR) is 83.6 cm³/mol. The summed E-state index contributed by atoms with van der Waals surface area (Å²) in [5.74, 6) is 0. The van der Waals surface area contributed by atoms with Crippen LogP contribution in [0.15, 0.2) is 35.3 Å². The number of rotatable bonds is 7. The van der Waals surface area contributed by atoms with Crippen molar-refractivity contribution in [1.29, 1.82) is 0 Å². The summed E-state index contributed by atoms with van der Waals surface area (Å²) in [4.78, 5) is 4.75. The van der Waals surface area contributed by atoms with E-state index in [0.29, 0.717) is 0 Å². The van der Waals surface area contributed by atoms with E-state index in [-0.39, 0.29) is 0 Å². The number of nitrogens with two attached hydrogens (primary N) is 1. The highest BCUT2D eigenvalue weighted by Crippen LogP contribution is 2.31. The van der Waals surface area contributed by atoms with Crippen LogP contribution < -0.4 is 5.73 Å². The Morgan fingerprint density at radius 2 is 1.84 bits per heavy atom. The lowest BCUT2D eigenvalue weighted by molar-refractivity contribution is 0.766. The number of hydrogen-bond donors (Lipinski definition) is 1. The molecule has 0 heterocycles. The summed E-state index contributed by atoms with van der Waals surface area (Å²) >= 11 is 0. The number of unbranched alkanes of at least 4 members (excludes halogenated alkanes) is 2. The average Bonchev–Trinajstić information content (AvgIpc) is 2.79. The first-order valence-corrected chi connectivity index (χ1v) is 7.41. The fraction of sp³-hybridized carbons (Fsp3) is 0.471. The molecule has 0 saturated heterocycles. The first kappa shape index (κ1) is 14.0. The summed E-state index contributed by atoms with van der Waals surface area (Å²) in [7, 11) is 0. The second-order valence-corrected chi connectivity index (χ2v) is 5.08. The van der Waals surface area contributed by atoms with Crippen LogP contribution in [0.25, 0.3) is 5.57 Å². The molecule has 2 nitrogen and oxygen atoms in total. The maximum absolute atomic E-state index is 5.57. The molecule has 19 heavy (non-hydrogen) atoms. The van der Waals surface area contributed by atoms with E-state index in [4.69, 9.17) is 10.7 Å². The van der Waals surface area contributed by atoms with E-state index in [9.17, 15) is 0 Å². The Balaban J connectivity index is 2.14. The highest BCUT2D eigenvalue weighted by Gasteiger charge is 2.17. The Hall–Kier alpha value is -1.41. The van der Waals surface area contributed by atoms with E-state index in [2.05, 4.69) is 37.3 Å². The Bertz CT molecular complexity index is 472. The lowest BCUT2D eigenvalue weighted by Gasteiger charge is -2.04. The molecule has 2 heteroatoms. The number of aliphatic imine (C=N–C) groups is 1. The fourth-order valence-corrected chi connectivity index (χ4v) is 2.46. The Morgan fingerprint density at radius 3 is 2.58 bits per heavy atom. The zero-order chi connectivity index (χ0) is 13.5. The van der Waals surface area contributed by atoms with Gasteiger partial charge in [-0.25, -0.2) is 0 Å². The van der Waals surface area contributed by atoms with Gasteiger partial charge in [-0.15, -0.1) is 0 Å². The standard InChI is InChI=1S/C17H24N2/c1-2-3-12-19-17-13-14(8-6-7-11-18)15-9-4-5-10-16(15)17/h4-5,9-10,13H,2-3,6-8,11-12,18H2,1H3. The minimum atomic E-state index is 0.784. The molecule has 102 valence electrons. The fourth-order valence-electron chi connectivity index (χ4n) is 2.46. The normalized spacial score (nSPS) is 15.7. The molecule has 1 aliphatic rings. The number of fused-ring (bicyclic) bond motifs is 1. The van der Waals surface area contributed by atoms with Gasteiger partial charge < -0.3 is 5.73 Å². The molecule has 1 aromatic rings. The van der Waals surface area contributed by atoms with Crippen molar-refractivity contribution in [2.75, 3.05) is 13.1 Å². The van der Waals surface area contributed by atoms with Gasteiger partial charge in [-0.3, -0.25) is 4.99 Å². The van der Waals surface area contributed by atoms with Crippen molar-refractivity contribution in [1.82, 2.24) is 0 Å². The molecule has 0 aliphatic heterocycles. The first-order valence-electron chi connectivity index (χ1n) is 7.41. The van der Waals surface area contributed by atoms with Crippen molar-refractivity contribution in [3.05, 3.63) is 41.5 Å². The quantitative estimate of drug-likeness (QED) is 0.740. The van der Waals surface area contributed by atoms with Crippen molar-refractivity contribution >= 4 is 11.3 Å². The lowest BCUT2D eigenvalue weighted by atomic mass is 10.0. The molecule has 0 unspecified atom stereocenters. The Labute approximate surface area is 116 Å². The molecule has 0 amide bonds. The van der Waals surface area contributed by atoms with E-state index < -0.39 is 0 Å². The third-order valence-electron chi connectivity index (χ3n) is 3.55. The molecule has 0 fully saturated rings. The SMILES string of the molecule is CCCCN=C1C=C(CCCCN)c2ccccc21. The molecule has 2 rings (SSSR count). The molecule has 0 saturated carbocycles. The summed E-state index contributed by atoms with van der Waals surface area (Å²) in [5, 5.41) is 0. The highest BCUT2D eigenvalue weighted by atomic mass is 14.7. The summed E-state index contributed by atoms with van der Waals surface area (Å²) in [6, 6.07) is 8.62. The van der Waals surface area contributed by atoms with Gasteiger partial charge >= 0.3 is 0 Å². The van der Waals surface area contributed by atoms with Gasteiger partial charge in [0.05, 0.1) is 5.71 Å². The van der Waals surface area contributed by atoms with Crippen molar-refractivity contribution in [3.63, 3.8) is 0 Å². The molecule has 0 radical (unpaired) electrons. The van der Waals surface area contributed by atoms with Crippen LogP contribution in [0.1, 0.15) is 50.2 Å². The van der Waals surface area contributed by atoms with Gasteiger partial charge in [-0.1, -0.05) is 37.6 Å². The molecule has 0 spiro atoms. The molecule has 0 bridgehead atoms. The minimum Gasteiger partial charge on any atom is -0.330 e. The van der Waals surface area contributed by atoms with Crippen LogP contribution in [0.5, 0.6) is 0 Å². The van der Waals surface area contributed by atoms with Crippen LogP contribution in [-0.4, -0.2) is 18.8 Å². The first-order chi connectivity index (χ1) is 9.36. The van der Waals surface area contributed by atoms with Crippen LogP contribution in [-0.2, 0) is 0 Å². The number of hydrogen-bond acceptors (Lipinski definition) is 2. The molecule has 1 aliphatic carbocycles. The van der Waals surface area contributed by atoms with Gasteiger partial charge in [0, 0.05) is 12.1 Å². The topological polar surface area (TPSA) is 38.4 Å². The molecule has 1 aromatic carbocycles. The van der Waals surface area contributed by atoms with Crippen molar-refractivity contribution in [3.8, 4) is 0 Å². The van der Waals surface area contributed by atoms with Crippen LogP contribution in [0, 0.1) is 0 Å². The molecule has 0 aromatic heterocycles. The Kier molecular flexibility index (Phi) is 5.34. The molecular formula is C17H24N2. The van der Waals surface area contributed by atoms with Crippen LogP contribution in [0.3, 0.4) is 0 Å². The maximum atomic E-state index is 5.57. The number of nitrogens with zero attached hydrogens (tertiary/aromatic N) is 1. The largest absolute Gasteiger partial charge is 0.330 e. The van der Waals surface area contributed by atoms with Gasteiger partial charge in [0.1, 0.15) is 0 Å². The monoisotopic (exact) mass is 256 g/mol. The van der Waals surface area contributed by atoms with Crippen molar-refractivity contribution in [2.45, 2.75) is 39.0 Å². The second kappa shape index (κ2) is 7.25. The van der Waals surface area contributed by atoms with Crippen LogP contribution in [0.4, 0.5) is 0 Å². The van der Waals surface area contributed by atoms with Crippen LogP contribution >= 0.6 is 0 Å². The van der Waals surface area contributed by atoms with Gasteiger partial charge in [-0.05, 0) is 49.4 Å². The van der Waals surface area contributed by atoms with E-state index in [1.165, 1.54) is 41.7 Å². The summed E-state index contributed by atoms with van der Waals surface area (Å²) in [5.41, 5.74) is 10.9. The van der Waals surface area contributed by atoms with E-state index in [0.717, 1.165) is 25.9 Å². The summed E-state index contributed by atoms with van der Waals surface area (Å²) < 4.78 is 0. The average molecular weight is 256 g/mol. The van der Waals surface area contributed by atoms with Crippen LogP contribution in [0.2, 0.25) is 0 Å². The molecule has 0 atom stereocenters.